The smallest absolute Gasteiger partial charge is 0.275 e. The summed E-state index contributed by atoms with van der Waals surface area (Å²) in [6.07, 6.45) is 5.92. The van der Waals surface area contributed by atoms with E-state index < -0.39 is 5.60 Å². The number of carbonyl (C=O) groups excluding carboxylic acids is 1. The summed E-state index contributed by atoms with van der Waals surface area (Å²) in [7, 11) is 1.72. The first-order valence-electron chi connectivity index (χ1n) is 7.86. The third kappa shape index (κ3) is 4.06. The fourth-order valence-electron chi connectivity index (χ4n) is 2.92. The van der Waals surface area contributed by atoms with E-state index >= 15 is 0 Å². The van der Waals surface area contributed by atoms with Crippen LogP contribution in [-0.4, -0.2) is 40.3 Å². The maximum atomic E-state index is 12.4. The summed E-state index contributed by atoms with van der Waals surface area (Å²) in [5.41, 5.74) is -0.440. The molecule has 1 saturated carbocycles. The summed E-state index contributed by atoms with van der Waals surface area (Å²) in [5.74, 6) is 0.721. The van der Waals surface area contributed by atoms with Crippen molar-refractivity contribution < 1.29 is 14.4 Å². The Bertz CT molecular complexity index is 474. The SMILES string of the molecule is CC(C)c1cc(C(=O)N(C)CC2(O)CCCCCC2)no1. The Morgan fingerprint density at radius 2 is 2.00 bits per heavy atom. The van der Waals surface area contributed by atoms with Gasteiger partial charge in [0, 0.05) is 25.6 Å². The number of hydrogen-bond donors (Lipinski definition) is 1. The average Bonchev–Trinajstić information content (AvgIpc) is 2.82. The molecule has 1 aromatic rings. The minimum atomic E-state index is -0.758. The van der Waals surface area contributed by atoms with Crippen LogP contribution in [0.5, 0.6) is 0 Å². The Hall–Kier alpha value is -1.36. The molecule has 1 aliphatic rings. The van der Waals surface area contributed by atoms with Crippen LogP contribution in [0.25, 0.3) is 0 Å². The minimum absolute atomic E-state index is 0.191. The van der Waals surface area contributed by atoms with E-state index in [9.17, 15) is 9.90 Å². The second kappa shape index (κ2) is 6.60. The van der Waals surface area contributed by atoms with Crippen LogP contribution in [0.4, 0.5) is 0 Å². The Kier molecular flexibility index (Phi) is 5.04. The Morgan fingerprint density at radius 1 is 1.38 bits per heavy atom. The van der Waals surface area contributed by atoms with Gasteiger partial charge in [-0.1, -0.05) is 44.7 Å². The third-order valence-electron chi connectivity index (χ3n) is 4.23. The van der Waals surface area contributed by atoms with Crippen molar-refractivity contribution in [1.29, 1.82) is 0 Å². The van der Waals surface area contributed by atoms with Gasteiger partial charge in [-0.15, -0.1) is 0 Å². The largest absolute Gasteiger partial charge is 0.388 e. The molecule has 0 unspecified atom stereocenters. The summed E-state index contributed by atoms with van der Waals surface area (Å²) < 4.78 is 5.17. The van der Waals surface area contributed by atoms with E-state index in [-0.39, 0.29) is 11.8 Å². The Labute approximate surface area is 126 Å². The lowest BCUT2D eigenvalue weighted by Gasteiger charge is -2.31. The summed E-state index contributed by atoms with van der Waals surface area (Å²) in [4.78, 5) is 13.9. The van der Waals surface area contributed by atoms with Gasteiger partial charge in [0.05, 0.1) is 5.60 Å². The lowest BCUT2D eigenvalue weighted by molar-refractivity contribution is -0.00163. The second-order valence-electron chi connectivity index (χ2n) is 6.57. The quantitative estimate of drug-likeness (QED) is 0.867. The number of rotatable bonds is 4. The second-order valence-corrected chi connectivity index (χ2v) is 6.57. The molecule has 0 bridgehead atoms. The molecule has 1 aromatic heterocycles. The predicted molar refractivity (Wildman–Crippen MR) is 80.2 cm³/mol. The van der Waals surface area contributed by atoms with Crippen LogP contribution in [0.2, 0.25) is 0 Å². The van der Waals surface area contributed by atoms with Gasteiger partial charge in [0.1, 0.15) is 5.76 Å². The maximum Gasteiger partial charge on any atom is 0.275 e. The monoisotopic (exact) mass is 294 g/mol. The molecule has 0 atom stereocenters. The van der Waals surface area contributed by atoms with E-state index in [1.807, 2.05) is 13.8 Å². The zero-order chi connectivity index (χ0) is 15.5. The van der Waals surface area contributed by atoms with Crippen molar-refractivity contribution in [3.63, 3.8) is 0 Å². The van der Waals surface area contributed by atoms with Gasteiger partial charge in [-0.25, -0.2) is 0 Å². The standard InChI is InChI=1S/C16H26N2O3/c1-12(2)14-10-13(17-21-14)15(19)18(3)11-16(20)8-6-4-5-7-9-16/h10,12,20H,4-9,11H2,1-3H3. The molecule has 0 aliphatic heterocycles. The molecule has 2 rings (SSSR count). The first-order valence-corrected chi connectivity index (χ1v) is 7.86. The first-order chi connectivity index (χ1) is 9.91. The van der Waals surface area contributed by atoms with E-state index in [2.05, 4.69) is 5.16 Å². The molecule has 0 aromatic carbocycles. The molecule has 1 N–H and O–H groups in total. The van der Waals surface area contributed by atoms with Crippen molar-refractivity contribution in [3.05, 3.63) is 17.5 Å². The number of hydrogen-bond acceptors (Lipinski definition) is 4. The number of aliphatic hydroxyl groups is 1. The highest BCUT2D eigenvalue weighted by molar-refractivity contribution is 5.92. The third-order valence-corrected chi connectivity index (χ3v) is 4.23. The highest BCUT2D eigenvalue weighted by atomic mass is 16.5. The van der Waals surface area contributed by atoms with Gasteiger partial charge >= 0.3 is 0 Å². The van der Waals surface area contributed by atoms with Crippen molar-refractivity contribution in [2.24, 2.45) is 0 Å². The zero-order valence-corrected chi connectivity index (χ0v) is 13.3. The van der Waals surface area contributed by atoms with Gasteiger partial charge in [-0.2, -0.15) is 0 Å². The minimum Gasteiger partial charge on any atom is -0.388 e. The van der Waals surface area contributed by atoms with Crippen LogP contribution < -0.4 is 0 Å². The summed E-state index contributed by atoms with van der Waals surface area (Å²) in [6.45, 7) is 4.34. The summed E-state index contributed by atoms with van der Waals surface area (Å²) in [5, 5.41) is 14.5. The molecule has 5 nitrogen and oxygen atoms in total. The van der Waals surface area contributed by atoms with E-state index in [4.69, 9.17) is 4.52 Å². The van der Waals surface area contributed by atoms with Crippen LogP contribution in [0, 0.1) is 0 Å². The van der Waals surface area contributed by atoms with Crippen molar-refractivity contribution in [3.8, 4) is 0 Å². The molecule has 21 heavy (non-hydrogen) atoms. The normalized spacial score (nSPS) is 18.5. The zero-order valence-electron chi connectivity index (χ0n) is 13.3. The molecule has 0 spiro atoms. The van der Waals surface area contributed by atoms with Gasteiger partial charge in [0.25, 0.3) is 5.91 Å². The van der Waals surface area contributed by atoms with Crippen LogP contribution in [-0.2, 0) is 0 Å². The highest BCUT2D eigenvalue weighted by Gasteiger charge is 2.31. The molecule has 0 radical (unpaired) electrons. The lowest BCUT2D eigenvalue weighted by atomic mass is 9.94. The van der Waals surface area contributed by atoms with Crippen LogP contribution in [0.1, 0.15) is 74.5 Å². The molecule has 1 aliphatic carbocycles. The topological polar surface area (TPSA) is 66.6 Å². The van der Waals surface area contributed by atoms with Crippen LogP contribution in [0.15, 0.2) is 10.6 Å². The number of amides is 1. The molecular formula is C16H26N2O3. The van der Waals surface area contributed by atoms with Gasteiger partial charge in [0.2, 0.25) is 0 Å². The van der Waals surface area contributed by atoms with E-state index in [1.165, 1.54) is 12.8 Å². The molecular weight excluding hydrogens is 268 g/mol. The molecule has 5 heteroatoms. The molecule has 0 saturated heterocycles. The molecule has 1 heterocycles. The highest BCUT2D eigenvalue weighted by Crippen LogP contribution is 2.28. The summed E-state index contributed by atoms with van der Waals surface area (Å²) in [6, 6.07) is 1.70. The van der Waals surface area contributed by atoms with E-state index in [0.717, 1.165) is 25.7 Å². The Morgan fingerprint density at radius 3 is 2.52 bits per heavy atom. The number of likely N-dealkylation sites (N-methyl/N-ethyl adjacent to an activating group) is 1. The predicted octanol–water partition coefficient (Wildman–Crippen LogP) is 2.96. The van der Waals surface area contributed by atoms with Crippen molar-refractivity contribution >= 4 is 5.91 Å². The molecule has 118 valence electrons. The lowest BCUT2D eigenvalue weighted by Crippen LogP contribution is -2.43. The first kappa shape index (κ1) is 16.0. The molecule has 1 fully saturated rings. The van der Waals surface area contributed by atoms with Crippen LogP contribution in [0.3, 0.4) is 0 Å². The van der Waals surface area contributed by atoms with Gasteiger partial charge < -0.3 is 14.5 Å². The van der Waals surface area contributed by atoms with Gasteiger partial charge in [0.15, 0.2) is 5.69 Å². The number of carbonyl (C=O) groups is 1. The van der Waals surface area contributed by atoms with Gasteiger partial charge in [-0.3, -0.25) is 4.79 Å². The van der Waals surface area contributed by atoms with Crippen molar-refractivity contribution in [2.45, 2.75) is 63.9 Å². The number of aromatic nitrogens is 1. The van der Waals surface area contributed by atoms with Gasteiger partial charge in [-0.05, 0) is 12.8 Å². The maximum absolute atomic E-state index is 12.4. The van der Waals surface area contributed by atoms with Crippen molar-refractivity contribution in [2.75, 3.05) is 13.6 Å². The van der Waals surface area contributed by atoms with Crippen LogP contribution >= 0.6 is 0 Å². The Balaban J connectivity index is 2.01. The van der Waals surface area contributed by atoms with E-state index in [0.29, 0.717) is 18.0 Å². The molecule has 1 amide bonds. The fourth-order valence-corrected chi connectivity index (χ4v) is 2.92. The number of nitrogens with zero attached hydrogens (tertiary/aromatic N) is 2. The van der Waals surface area contributed by atoms with E-state index in [1.54, 1.807) is 18.0 Å². The summed E-state index contributed by atoms with van der Waals surface area (Å²) >= 11 is 0. The average molecular weight is 294 g/mol. The fraction of sp³-hybridized carbons (Fsp3) is 0.750. The van der Waals surface area contributed by atoms with Crippen molar-refractivity contribution in [1.82, 2.24) is 10.1 Å².